The number of anilines is 1. The second-order valence-electron chi connectivity index (χ2n) is 8.07. The Morgan fingerprint density at radius 1 is 1.11 bits per heavy atom. The summed E-state index contributed by atoms with van der Waals surface area (Å²) >= 11 is 3.31. The highest BCUT2D eigenvalue weighted by molar-refractivity contribution is 9.10. The first-order valence-corrected chi connectivity index (χ1v) is 11.3. The van der Waals surface area contributed by atoms with E-state index in [1.807, 2.05) is 35.0 Å². The number of hydrogen-bond donors (Lipinski definition) is 1. The molecule has 5 rings (SSSR count). The van der Waals surface area contributed by atoms with E-state index in [4.69, 9.17) is 0 Å². The molecule has 0 unspecified atom stereocenters. The van der Waals surface area contributed by atoms with Gasteiger partial charge in [-0.05, 0) is 50.2 Å². The van der Waals surface area contributed by atoms with Crippen molar-refractivity contribution in [3.05, 3.63) is 87.7 Å². The average Bonchev–Trinajstić information content (AvgIpc) is 3.33. The van der Waals surface area contributed by atoms with Gasteiger partial charge < -0.3 is 9.72 Å². The number of fused-ring (bicyclic) bond motifs is 2. The lowest BCUT2D eigenvalue weighted by Gasteiger charge is -2.13. The monoisotopic (exact) mass is 542 g/mol. The summed E-state index contributed by atoms with van der Waals surface area (Å²) in [5, 5.41) is 7.57. The van der Waals surface area contributed by atoms with Crippen molar-refractivity contribution in [2.45, 2.75) is 26.6 Å². The molecule has 11 heteroatoms. The molecule has 0 spiro atoms. The molecule has 1 amide bonds. The molecule has 178 valence electrons. The minimum absolute atomic E-state index is 0.0733. The first-order chi connectivity index (χ1) is 16.6. The van der Waals surface area contributed by atoms with Gasteiger partial charge in [-0.15, -0.1) is 0 Å². The summed E-state index contributed by atoms with van der Waals surface area (Å²) in [4.78, 5) is 21.5. The van der Waals surface area contributed by atoms with Gasteiger partial charge in [-0.3, -0.25) is 9.48 Å². The van der Waals surface area contributed by atoms with Crippen molar-refractivity contribution >= 4 is 44.1 Å². The second-order valence-corrected chi connectivity index (χ2v) is 8.99. The van der Waals surface area contributed by atoms with Crippen LogP contribution in [0.3, 0.4) is 0 Å². The highest BCUT2D eigenvalue weighted by Crippen LogP contribution is 2.32. The van der Waals surface area contributed by atoms with Crippen LogP contribution < -0.4 is 5.32 Å². The van der Waals surface area contributed by atoms with Gasteiger partial charge in [-0.25, -0.2) is 9.97 Å². The predicted octanol–water partition coefficient (Wildman–Crippen LogP) is 5.78. The highest BCUT2D eigenvalue weighted by atomic mass is 79.9. The molecular weight excluding hydrogens is 525 g/mol. The Morgan fingerprint density at radius 2 is 1.91 bits per heavy atom. The number of carbonyl (C=O) groups excluding carboxylic acids is 1. The lowest BCUT2D eigenvalue weighted by molar-refractivity contribution is -0.140. The molecule has 7 nitrogen and oxygen atoms in total. The summed E-state index contributed by atoms with van der Waals surface area (Å²) in [6, 6.07) is 11.1. The number of aryl methyl sites for hydroxylation is 1. The minimum Gasteiger partial charge on any atom is -0.319 e. The zero-order chi connectivity index (χ0) is 24.9. The third-order valence-corrected chi connectivity index (χ3v) is 6.14. The smallest absolute Gasteiger partial charge is 0.319 e. The van der Waals surface area contributed by atoms with E-state index in [9.17, 15) is 18.0 Å². The molecule has 1 N–H and O–H groups in total. The third-order valence-electron chi connectivity index (χ3n) is 5.65. The van der Waals surface area contributed by atoms with E-state index in [1.165, 1.54) is 6.07 Å². The molecular formula is C24H18BrF3N6O. The fraction of sp³-hybridized carbons (Fsp3) is 0.167. The summed E-state index contributed by atoms with van der Waals surface area (Å²) in [7, 11) is 0. The van der Waals surface area contributed by atoms with Gasteiger partial charge >= 0.3 is 6.18 Å². The van der Waals surface area contributed by atoms with Gasteiger partial charge in [-0.1, -0.05) is 22.0 Å². The number of imidazole rings is 1. The van der Waals surface area contributed by atoms with E-state index in [1.54, 1.807) is 30.7 Å². The topological polar surface area (TPSA) is 77.1 Å². The number of halogens is 4. The molecule has 0 saturated heterocycles. The molecule has 4 heterocycles. The van der Waals surface area contributed by atoms with Gasteiger partial charge in [0, 0.05) is 22.3 Å². The molecule has 1 aromatic carbocycles. The first kappa shape index (κ1) is 23.0. The highest BCUT2D eigenvalue weighted by Gasteiger charge is 2.34. The molecule has 0 fully saturated rings. The Labute approximate surface area is 205 Å². The number of hydrogen-bond acceptors (Lipinski definition) is 4. The summed E-state index contributed by atoms with van der Waals surface area (Å²) in [6.07, 6.45) is -0.907. The van der Waals surface area contributed by atoms with Crippen molar-refractivity contribution in [2.24, 2.45) is 0 Å². The quantitative estimate of drug-likeness (QED) is 0.312. The van der Waals surface area contributed by atoms with Crippen LogP contribution in [0.4, 0.5) is 18.9 Å². The van der Waals surface area contributed by atoms with Crippen LogP contribution in [0.25, 0.3) is 16.6 Å². The average molecular weight is 543 g/mol. The molecule has 0 radical (unpaired) electrons. The summed E-state index contributed by atoms with van der Waals surface area (Å²) < 4.78 is 44.6. The van der Waals surface area contributed by atoms with Gasteiger partial charge in [0.05, 0.1) is 40.4 Å². The fourth-order valence-electron chi connectivity index (χ4n) is 3.96. The third kappa shape index (κ3) is 4.39. The number of rotatable bonds is 4. The lowest BCUT2D eigenvalue weighted by atomic mass is 10.1. The maximum Gasteiger partial charge on any atom is 0.433 e. The van der Waals surface area contributed by atoms with Gasteiger partial charge in [-0.2, -0.15) is 18.3 Å². The van der Waals surface area contributed by atoms with Crippen LogP contribution in [-0.4, -0.2) is 30.1 Å². The minimum atomic E-state index is -4.69. The van der Waals surface area contributed by atoms with Gasteiger partial charge in [0.25, 0.3) is 5.91 Å². The Kier molecular flexibility index (Phi) is 5.59. The fourth-order valence-corrected chi connectivity index (χ4v) is 4.32. The maximum absolute atomic E-state index is 13.5. The lowest BCUT2D eigenvalue weighted by Crippen LogP contribution is -2.17. The summed E-state index contributed by atoms with van der Waals surface area (Å²) in [6.45, 7) is 3.88. The van der Waals surface area contributed by atoms with Crippen LogP contribution >= 0.6 is 15.9 Å². The standard InChI is InChI=1S/C24H18BrF3N6O/c1-13-22(14(2)34(32-13)12-16-11-33-8-4-3-5-21(33)29-16)31-23(35)18-10-20(24(26,27)28)30-19-7-6-15(25)9-17(18)19/h3-11H,12H2,1-2H3,(H,31,35). The molecule has 0 atom stereocenters. The van der Waals surface area contributed by atoms with Crippen LogP contribution in [0.15, 0.2) is 59.3 Å². The van der Waals surface area contributed by atoms with E-state index in [0.717, 1.165) is 17.4 Å². The number of carbonyl (C=O) groups is 1. The number of aromatic nitrogens is 5. The van der Waals surface area contributed by atoms with Crippen molar-refractivity contribution in [1.82, 2.24) is 24.1 Å². The first-order valence-electron chi connectivity index (χ1n) is 10.6. The SMILES string of the molecule is Cc1nn(Cc2cn3ccccc3n2)c(C)c1NC(=O)c1cc(C(F)(F)F)nc2ccc(Br)cc12. The molecule has 4 aromatic heterocycles. The van der Waals surface area contributed by atoms with Crippen LogP contribution in [0.1, 0.15) is 33.1 Å². The second kappa shape index (κ2) is 8.49. The van der Waals surface area contributed by atoms with Crippen LogP contribution in [-0.2, 0) is 12.7 Å². The zero-order valence-corrected chi connectivity index (χ0v) is 20.1. The van der Waals surface area contributed by atoms with Crippen molar-refractivity contribution in [1.29, 1.82) is 0 Å². The van der Waals surface area contributed by atoms with E-state index in [-0.39, 0.29) is 11.1 Å². The van der Waals surface area contributed by atoms with E-state index >= 15 is 0 Å². The van der Waals surface area contributed by atoms with Crippen LogP contribution in [0.5, 0.6) is 0 Å². The number of alkyl halides is 3. The largest absolute Gasteiger partial charge is 0.433 e. The Morgan fingerprint density at radius 3 is 2.66 bits per heavy atom. The Balaban J connectivity index is 1.49. The van der Waals surface area contributed by atoms with Crippen molar-refractivity contribution < 1.29 is 18.0 Å². The van der Waals surface area contributed by atoms with E-state index in [2.05, 4.69) is 36.3 Å². The molecule has 35 heavy (non-hydrogen) atoms. The molecule has 0 aliphatic carbocycles. The Bertz CT molecular complexity index is 1570. The van der Waals surface area contributed by atoms with E-state index < -0.39 is 17.8 Å². The number of pyridine rings is 2. The predicted molar refractivity (Wildman–Crippen MR) is 128 cm³/mol. The van der Waals surface area contributed by atoms with Crippen molar-refractivity contribution in [3.63, 3.8) is 0 Å². The molecule has 0 aliphatic heterocycles. The van der Waals surface area contributed by atoms with Gasteiger partial charge in [0.2, 0.25) is 0 Å². The van der Waals surface area contributed by atoms with Gasteiger partial charge in [0.1, 0.15) is 11.3 Å². The Hall–Kier alpha value is -3.73. The molecule has 0 bridgehead atoms. The molecule has 5 aromatic rings. The number of benzene rings is 1. The molecule has 0 saturated carbocycles. The summed E-state index contributed by atoms with van der Waals surface area (Å²) in [5.74, 6) is -0.681. The summed E-state index contributed by atoms with van der Waals surface area (Å²) in [5.41, 5.74) is 2.02. The van der Waals surface area contributed by atoms with Crippen molar-refractivity contribution in [2.75, 3.05) is 5.32 Å². The molecule has 0 aliphatic rings. The zero-order valence-electron chi connectivity index (χ0n) is 18.6. The van der Waals surface area contributed by atoms with Crippen LogP contribution in [0.2, 0.25) is 0 Å². The number of nitrogens with zero attached hydrogens (tertiary/aromatic N) is 5. The normalized spacial score (nSPS) is 11.9. The van der Waals surface area contributed by atoms with Gasteiger partial charge in [0.15, 0.2) is 0 Å². The van der Waals surface area contributed by atoms with Crippen LogP contribution in [0, 0.1) is 13.8 Å². The maximum atomic E-state index is 13.5. The number of amides is 1. The van der Waals surface area contributed by atoms with E-state index in [0.29, 0.717) is 33.5 Å². The number of nitrogens with one attached hydrogen (secondary N) is 1. The van der Waals surface area contributed by atoms with Crippen molar-refractivity contribution in [3.8, 4) is 0 Å².